The molecule has 0 spiro atoms. The molecule has 1 aromatic rings. The fourth-order valence-corrected chi connectivity index (χ4v) is 2.53. The average Bonchev–Trinajstić information content (AvgIpc) is 2.84. The summed E-state index contributed by atoms with van der Waals surface area (Å²) in [7, 11) is 0. The Bertz CT molecular complexity index is 569. The zero-order chi connectivity index (χ0) is 16.3. The van der Waals surface area contributed by atoms with Gasteiger partial charge in [-0.15, -0.1) is 0 Å². The summed E-state index contributed by atoms with van der Waals surface area (Å²) in [6, 6.07) is 6.79. The number of benzene rings is 1. The van der Waals surface area contributed by atoms with E-state index in [2.05, 4.69) is 5.32 Å². The monoisotopic (exact) mass is 324 g/mol. The molecule has 120 valence electrons. The van der Waals surface area contributed by atoms with Crippen LogP contribution in [0.2, 0.25) is 5.02 Å². The molecule has 1 atom stereocenters. The van der Waals surface area contributed by atoms with Crippen LogP contribution in [0.25, 0.3) is 0 Å². The molecule has 2 amide bonds. The third-order valence-electron chi connectivity index (χ3n) is 3.27. The number of halogens is 1. The minimum absolute atomic E-state index is 0.0732. The highest BCUT2D eigenvalue weighted by atomic mass is 35.5. The Kier molecular flexibility index (Phi) is 4.96. The van der Waals surface area contributed by atoms with Gasteiger partial charge in [0.25, 0.3) is 5.91 Å². The molecule has 0 bridgehead atoms. The normalized spacial score (nSPS) is 18.2. The van der Waals surface area contributed by atoms with Crippen LogP contribution in [0, 0.1) is 0 Å². The topological polar surface area (TPSA) is 58.6 Å². The lowest BCUT2D eigenvalue weighted by molar-refractivity contribution is 0.0502. The lowest BCUT2D eigenvalue weighted by Gasteiger charge is -2.22. The molecule has 1 heterocycles. The minimum Gasteiger partial charge on any atom is -0.444 e. The molecule has 0 aromatic heterocycles. The molecule has 1 fully saturated rings. The van der Waals surface area contributed by atoms with Crippen molar-refractivity contribution in [2.24, 2.45) is 0 Å². The number of amides is 2. The third-order valence-corrected chi connectivity index (χ3v) is 3.50. The highest BCUT2D eigenvalue weighted by Crippen LogP contribution is 2.17. The summed E-state index contributed by atoms with van der Waals surface area (Å²) in [5.74, 6) is -0.0732. The van der Waals surface area contributed by atoms with Gasteiger partial charge < -0.3 is 15.0 Å². The van der Waals surface area contributed by atoms with Crippen LogP contribution in [0.5, 0.6) is 0 Å². The minimum atomic E-state index is -0.529. The molecule has 0 radical (unpaired) electrons. The van der Waals surface area contributed by atoms with Crippen LogP contribution < -0.4 is 5.32 Å². The van der Waals surface area contributed by atoms with Crippen molar-refractivity contribution < 1.29 is 14.3 Å². The Morgan fingerprint density at radius 3 is 2.73 bits per heavy atom. The number of rotatable bonds is 2. The van der Waals surface area contributed by atoms with Gasteiger partial charge in [0.05, 0.1) is 6.04 Å². The average molecular weight is 325 g/mol. The van der Waals surface area contributed by atoms with Crippen LogP contribution in [0.15, 0.2) is 24.3 Å². The first-order chi connectivity index (χ1) is 10.2. The molecule has 0 aliphatic carbocycles. The van der Waals surface area contributed by atoms with Crippen LogP contribution in [-0.4, -0.2) is 41.6 Å². The van der Waals surface area contributed by atoms with E-state index in [0.717, 1.165) is 0 Å². The van der Waals surface area contributed by atoms with Gasteiger partial charge in [-0.05, 0) is 45.4 Å². The van der Waals surface area contributed by atoms with E-state index in [4.69, 9.17) is 16.3 Å². The summed E-state index contributed by atoms with van der Waals surface area (Å²) in [6.07, 6.45) is 0.264. The number of hydrogen-bond donors (Lipinski definition) is 1. The van der Waals surface area contributed by atoms with Gasteiger partial charge in [-0.1, -0.05) is 17.7 Å². The lowest BCUT2D eigenvalue weighted by atomic mass is 10.2. The van der Waals surface area contributed by atoms with Crippen molar-refractivity contribution in [1.82, 2.24) is 10.2 Å². The van der Waals surface area contributed by atoms with E-state index < -0.39 is 11.7 Å². The first-order valence-corrected chi connectivity index (χ1v) is 7.67. The van der Waals surface area contributed by atoms with Crippen LogP contribution in [0.1, 0.15) is 37.6 Å². The molecular formula is C16H21ClN2O3. The number of ether oxygens (including phenoxy) is 1. The van der Waals surface area contributed by atoms with Crippen molar-refractivity contribution in [3.63, 3.8) is 0 Å². The van der Waals surface area contributed by atoms with Crippen molar-refractivity contribution in [1.29, 1.82) is 0 Å². The Morgan fingerprint density at radius 1 is 1.36 bits per heavy atom. The Balaban J connectivity index is 1.90. The van der Waals surface area contributed by atoms with Crippen LogP contribution >= 0.6 is 11.6 Å². The fourth-order valence-electron chi connectivity index (χ4n) is 2.34. The molecule has 1 unspecified atom stereocenters. The molecule has 1 saturated heterocycles. The maximum Gasteiger partial charge on any atom is 0.407 e. The van der Waals surface area contributed by atoms with E-state index in [9.17, 15) is 9.59 Å². The number of carbonyl (C=O) groups excluding carboxylic acids is 2. The third kappa shape index (κ3) is 4.63. The van der Waals surface area contributed by atoms with Gasteiger partial charge >= 0.3 is 6.09 Å². The summed E-state index contributed by atoms with van der Waals surface area (Å²) in [5, 5.41) is 3.34. The van der Waals surface area contributed by atoms with E-state index in [-0.39, 0.29) is 11.9 Å². The van der Waals surface area contributed by atoms with E-state index in [0.29, 0.717) is 30.1 Å². The molecule has 5 nitrogen and oxygen atoms in total. The van der Waals surface area contributed by atoms with Gasteiger partial charge in [-0.25, -0.2) is 4.79 Å². The van der Waals surface area contributed by atoms with E-state index in [1.807, 2.05) is 20.8 Å². The van der Waals surface area contributed by atoms with Crippen LogP contribution in [0.3, 0.4) is 0 Å². The molecule has 1 aliphatic heterocycles. The standard InChI is InChI=1S/C16H21ClN2O3/c1-16(2,3)22-15(21)18-13-7-8-19(10-13)14(20)11-5-4-6-12(17)9-11/h4-6,9,13H,7-8,10H2,1-3H3,(H,18,21). The molecule has 1 aromatic carbocycles. The van der Waals surface area contributed by atoms with Crippen LogP contribution in [0.4, 0.5) is 4.79 Å². The number of alkyl carbamates (subject to hydrolysis) is 1. The van der Waals surface area contributed by atoms with Crippen molar-refractivity contribution >= 4 is 23.6 Å². The van der Waals surface area contributed by atoms with Gasteiger partial charge in [0.2, 0.25) is 0 Å². The van der Waals surface area contributed by atoms with Crippen LogP contribution in [-0.2, 0) is 4.74 Å². The highest BCUT2D eigenvalue weighted by Gasteiger charge is 2.29. The number of likely N-dealkylation sites (tertiary alicyclic amines) is 1. The number of nitrogens with zero attached hydrogens (tertiary/aromatic N) is 1. The summed E-state index contributed by atoms with van der Waals surface area (Å²) in [6.45, 7) is 6.53. The molecular weight excluding hydrogens is 304 g/mol. The summed E-state index contributed by atoms with van der Waals surface area (Å²) >= 11 is 5.91. The smallest absolute Gasteiger partial charge is 0.407 e. The fraction of sp³-hybridized carbons (Fsp3) is 0.500. The Morgan fingerprint density at radius 2 is 2.09 bits per heavy atom. The quantitative estimate of drug-likeness (QED) is 0.909. The molecule has 1 aliphatic rings. The molecule has 0 saturated carbocycles. The van der Waals surface area contributed by atoms with E-state index >= 15 is 0 Å². The van der Waals surface area contributed by atoms with E-state index in [1.165, 1.54) is 0 Å². The van der Waals surface area contributed by atoms with Crippen molar-refractivity contribution in [2.45, 2.75) is 38.8 Å². The SMILES string of the molecule is CC(C)(C)OC(=O)NC1CCN(C(=O)c2cccc(Cl)c2)C1. The Labute approximate surface area is 135 Å². The maximum atomic E-state index is 12.4. The van der Waals surface area contributed by atoms with Crippen molar-refractivity contribution in [3.05, 3.63) is 34.9 Å². The number of carbonyl (C=O) groups is 2. The predicted molar refractivity (Wildman–Crippen MR) is 85.1 cm³/mol. The second kappa shape index (κ2) is 6.57. The van der Waals surface area contributed by atoms with Crippen molar-refractivity contribution in [2.75, 3.05) is 13.1 Å². The maximum absolute atomic E-state index is 12.4. The first-order valence-electron chi connectivity index (χ1n) is 7.29. The summed E-state index contributed by atoms with van der Waals surface area (Å²) < 4.78 is 5.22. The number of nitrogens with one attached hydrogen (secondary N) is 1. The highest BCUT2D eigenvalue weighted by molar-refractivity contribution is 6.30. The molecule has 22 heavy (non-hydrogen) atoms. The Hall–Kier alpha value is -1.75. The zero-order valence-corrected chi connectivity index (χ0v) is 13.8. The molecule has 6 heteroatoms. The van der Waals surface area contributed by atoms with Gasteiger partial charge in [0.1, 0.15) is 5.60 Å². The molecule has 1 N–H and O–H groups in total. The largest absolute Gasteiger partial charge is 0.444 e. The first kappa shape index (κ1) is 16.6. The lowest BCUT2D eigenvalue weighted by Crippen LogP contribution is -2.41. The second-order valence-electron chi connectivity index (χ2n) is 6.39. The van der Waals surface area contributed by atoms with E-state index in [1.54, 1.807) is 29.2 Å². The second-order valence-corrected chi connectivity index (χ2v) is 6.83. The molecule has 2 rings (SSSR count). The zero-order valence-electron chi connectivity index (χ0n) is 13.1. The number of hydrogen-bond acceptors (Lipinski definition) is 3. The summed E-state index contributed by atoms with van der Waals surface area (Å²) in [5.41, 5.74) is 0.0318. The van der Waals surface area contributed by atoms with Crippen molar-refractivity contribution in [3.8, 4) is 0 Å². The van der Waals surface area contributed by atoms with Gasteiger partial charge in [0, 0.05) is 23.7 Å². The van der Waals surface area contributed by atoms with Gasteiger partial charge in [-0.2, -0.15) is 0 Å². The van der Waals surface area contributed by atoms with Gasteiger partial charge in [-0.3, -0.25) is 4.79 Å². The summed E-state index contributed by atoms with van der Waals surface area (Å²) in [4.78, 5) is 25.9. The van der Waals surface area contributed by atoms with Gasteiger partial charge in [0.15, 0.2) is 0 Å². The predicted octanol–water partition coefficient (Wildman–Crippen LogP) is 3.08.